The molecule has 0 spiro atoms. The van der Waals surface area contributed by atoms with Crippen LogP contribution in [-0.2, 0) is 0 Å². The first-order chi connectivity index (χ1) is 13.2. The van der Waals surface area contributed by atoms with E-state index in [0.717, 1.165) is 5.56 Å². The Bertz CT molecular complexity index is 1000. The summed E-state index contributed by atoms with van der Waals surface area (Å²) in [6, 6.07) is 14.4. The largest absolute Gasteiger partial charge is 0.389 e. The summed E-state index contributed by atoms with van der Waals surface area (Å²) in [6.07, 6.45) is 0. The topological polar surface area (TPSA) is 75.1 Å². The first-order valence-electron chi connectivity index (χ1n) is 8.63. The summed E-state index contributed by atoms with van der Waals surface area (Å²) < 4.78 is 13.7. The molecule has 2 N–H and O–H groups in total. The van der Waals surface area contributed by atoms with Crippen molar-refractivity contribution < 1.29 is 14.3 Å². The maximum Gasteiger partial charge on any atom is 0.270 e. The number of amides is 1. The lowest BCUT2D eigenvalue weighted by atomic mass is 10.1. The highest BCUT2D eigenvalue weighted by atomic mass is 35.5. The summed E-state index contributed by atoms with van der Waals surface area (Å²) in [4.78, 5) is 21.3. The van der Waals surface area contributed by atoms with Crippen molar-refractivity contribution in [2.45, 2.75) is 19.4 Å². The zero-order valence-electron chi connectivity index (χ0n) is 15.4. The molecule has 0 aliphatic rings. The summed E-state index contributed by atoms with van der Waals surface area (Å²) in [5.74, 6) is -0.663. The van der Waals surface area contributed by atoms with Crippen LogP contribution in [0.1, 0.15) is 24.3 Å². The number of hydrogen-bond donors (Lipinski definition) is 2. The minimum Gasteiger partial charge on any atom is -0.389 e. The molecule has 7 heteroatoms. The predicted octanol–water partition coefficient (Wildman–Crippen LogP) is 4.10. The van der Waals surface area contributed by atoms with E-state index in [1.54, 1.807) is 56.3 Å². The van der Waals surface area contributed by atoms with Gasteiger partial charge in [-0.25, -0.2) is 14.4 Å². The number of nitrogens with one attached hydrogen (secondary N) is 1. The molecule has 5 nitrogen and oxygen atoms in total. The summed E-state index contributed by atoms with van der Waals surface area (Å²) in [5.41, 5.74) is 0.740. The van der Waals surface area contributed by atoms with E-state index in [-0.39, 0.29) is 18.1 Å². The van der Waals surface area contributed by atoms with Crippen LogP contribution < -0.4 is 5.32 Å². The molecule has 0 fully saturated rings. The van der Waals surface area contributed by atoms with Gasteiger partial charge in [0.15, 0.2) is 5.82 Å². The molecule has 3 rings (SSSR count). The second-order valence-corrected chi connectivity index (χ2v) is 7.41. The van der Waals surface area contributed by atoms with Gasteiger partial charge in [-0.1, -0.05) is 35.9 Å². The van der Waals surface area contributed by atoms with Crippen molar-refractivity contribution in [3.63, 3.8) is 0 Å². The molecule has 0 unspecified atom stereocenters. The highest BCUT2D eigenvalue weighted by Crippen LogP contribution is 2.24. The second kappa shape index (κ2) is 8.04. The standard InChI is InChI=1S/C21H19ClFN3O2/c1-21(2,28)12-24-20(27)18-11-17(13-6-8-15(22)9-7-13)25-19(26-18)14-4-3-5-16(23)10-14/h3-11,28H,12H2,1-2H3,(H,24,27). The van der Waals surface area contributed by atoms with Crippen LogP contribution in [0, 0.1) is 5.82 Å². The number of aliphatic hydroxyl groups is 1. The Morgan fingerprint density at radius 2 is 1.82 bits per heavy atom. The quantitative estimate of drug-likeness (QED) is 0.677. The van der Waals surface area contributed by atoms with Gasteiger partial charge in [-0.3, -0.25) is 4.79 Å². The maximum atomic E-state index is 13.7. The van der Waals surface area contributed by atoms with E-state index in [9.17, 15) is 14.3 Å². The van der Waals surface area contributed by atoms with E-state index in [0.29, 0.717) is 16.3 Å². The normalized spacial score (nSPS) is 11.3. The third kappa shape index (κ3) is 5.12. The molecular weight excluding hydrogens is 381 g/mol. The molecule has 0 radical (unpaired) electrons. The Morgan fingerprint density at radius 1 is 1.11 bits per heavy atom. The highest BCUT2D eigenvalue weighted by molar-refractivity contribution is 6.30. The Morgan fingerprint density at radius 3 is 2.46 bits per heavy atom. The van der Waals surface area contributed by atoms with Gasteiger partial charge in [0.25, 0.3) is 5.91 Å². The third-order valence-corrected chi connectivity index (χ3v) is 4.12. The number of carbonyl (C=O) groups is 1. The summed E-state index contributed by atoms with van der Waals surface area (Å²) >= 11 is 5.95. The summed E-state index contributed by atoms with van der Waals surface area (Å²) in [7, 11) is 0. The van der Waals surface area contributed by atoms with Crippen LogP contribution in [0.25, 0.3) is 22.6 Å². The zero-order chi connectivity index (χ0) is 20.3. The average Bonchev–Trinajstić information content (AvgIpc) is 2.65. The van der Waals surface area contributed by atoms with Gasteiger partial charge >= 0.3 is 0 Å². The summed E-state index contributed by atoms with van der Waals surface area (Å²) in [6.45, 7) is 3.23. The van der Waals surface area contributed by atoms with Crippen molar-refractivity contribution in [1.82, 2.24) is 15.3 Å². The average molecular weight is 400 g/mol. The number of halogens is 2. The molecule has 3 aromatic rings. The van der Waals surface area contributed by atoms with E-state index in [1.807, 2.05) is 0 Å². The fraction of sp³-hybridized carbons (Fsp3) is 0.190. The number of hydrogen-bond acceptors (Lipinski definition) is 4. The highest BCUT2D eigenvalue weighted by Gasteiger charge is 2.18. The molecule has 1 aromatic heterocycles. The van der Waals surface area contributed by atoms with Gasteiger partial charge in [-0.2, -0.15) is 0 Å². The number of benzene rings is 2. The SMILES string of the molecule is CC(C)(O)CNC(=O)c1cc(-c2ccc(Cl)cc2)nc(-c2cccc(F)c2)n1. The van der Waals surface area contributed by atoms with Gasteiger partial charge in [0.1, 0.15) is 11.5 Å². The second-order valence-electron chi connectivity index (χ2n) is 6.97. The van der Waals surface area contributed by atoms with E-state index in [2.05, 4.69) is 15.3 Å². The number of rotatable bonds is 5. The van der Waals surface area contributed by atoms with Crippen LogP contribution >= 0.6 is 11.6 Å². The number of aromatic nitrogens is 2. The van der Waals surface area contributed by atoms with Crippen LogP contribution in [-0.4, -0.2) is 33.1 Å². The van der Waals surface area contributed by atoms with Gasteiger partial charge in [-0.05, 0) is 44.2 Å². The van der Waals surface area contributed by atoms with Gasteiger partial charge in [0, 0.05) is 22.7 Å². The molecule has 1 heterocycles. The molecule has 0 atom stereocenters. The van der Waals surface area contributed by atoms with Gasteiger partial charge in [0.05, 0.1) is 11.3 Å². The fourth-order valence-electron chi connectivity index (χ4n) is 2.48. The zero-order valence-corrected chi connectivity index (χ0v) is 16.2. The Kier molecular flexibility index (Phi) is 5.72. The molecule has 0 saturated carbocycles. The maximum absolute atomic E-state index is 13.7. The molecule has 0 aliphatic heterocycles. The lowest BCUT2D eigenvalue weighted by Gasteiger charge is -2.17. The summed E-state index contributed by atoms with van der Waals surface area (Å²) in [5, 5.41) is 13.1. The van der Waals surface area contributed by atoms with Gasteiger partial charge in [-0.15, -0.1) is 0 Å². The van der Waals surface area contributed by atoms with E-state index >= 15 is 0 Å². The van der Waals surface area contributed by atoms with Crippen LogP contribution in [0.4, 0.5) is 4.39 Å². The first kappa shape index (κ1) is 19.9. The minimum absolute atomic E-state index is 0.0570. The Balaban J connectivity index is 2.05. The third-order valence-electron chi connectivity index (χ3n) is 3.86. The van der Waals surface area contributed by atoms with Gasteiger partial charge < -0.3 is 10.4 Å². The predicted molar refractivity (Wildman–Crippen MR) is 107 cm³/mol. The Labute approximate surface area is 167 Å². The lowest BCUT2D eigenvalue weighted by molar-refractivity contribution is 0.0692. The van der Waals surface area contributed by atoms with Crippen molar-refractivity contribution in [2.75, 3.05) is 6.54 Å². The van der Waals surface area contributed by atoms with Crippen LogP contribution in [0.3, 0.4) is 0 Å². The molecule has 0 saturated heterocycles. The van der Waals surface area contributed by atoms with Crippen LogP contribution in [0.15, 0.2) is 54.6 Å². The fourth-order valence-corrected chi connectivity index (χ4v) is 2.60. The van der Waals surface area contributed by atoms with Crippen molar-refractivity contribution in [1.29, 1.82) is 0 Å². The van der Waals surface area contributed by atoms with E-state index < -0.39 is 17.3 Å². The molecule has 144 valence electrons. The smallest absolute Gasteiger partial charge is 0.270 e. The molecule has 0 bridgehead atoms. The van der Waals surface area contributed by atoms with Crippen molar-refractivity contribution in [3.05, 3.63) is 71.1 Å². The van der Waals surface area contributed by atoms with Gasteiger partial charge in [0.2, 0.25) is 0 Å². The molecule has 0 aliphatic carbocycles. The molecule has 1 amide bonds. The first-order valence-corrected chi connectivity index (χ1v) is 9.01. The van der Waals surface area contributed by atoms with Crippen LogP contribution in [0.2, 0.25) is 5.02 Å². The number of nitrogens with zero attached hydrogens (tertiary/aromatic N) is 2. The minimum atomic E-state index is -1.06. The van der Waals surface area contributed by atoms with E-state index in [1.165, 1.54) is 12.1 Å². The Hall–Kier alpha value is -2.83. The van der Waals surface area contributed by atoms with Crippen molar-refractivity contribution in [2.24, 2.45) is 0 Å². The molecule has 2 aromatic carbocycles. The van der Waals surface area contributed by atoms with Crippen molar-refractivity contribution >= 4 is 17.5 Å². The molecular formula is C21H19ClFN3O2. The molecule has 28 heavy (non-hydrogen) atoms. The van der Waals surface area contributed by atoms with E-state index in [4.69, 9.17) is 11.6 Å². The van der Waals surface area contributed by atoms with Crippen LogP contribution in [0.5, 0.6) is 0 Å². The lowest BCUT2D eigenvalue weighted by Crippen LogP contribution is -2.38. The monoisotopic (exact) mass is 399 g/mol. The number of carbonyl (C=O) groups excluding carboxylic acids is 1. The van der Waals surface area contributed by atoms with Crippen molar-refractivity contribution in [3.8, 4) is 22.6 Å².